The van der Waals surface area contributed by atoms with Gasteiger partial charge in [-0.05, 0) is 61.6 Å². The molecule has 1 saturated carbocycles. The summed E-state index contributed by atoms with van der Waals surface area (Å²) in [5.41, 5.74) is -2.76. The summed E-state index contributed by atoms with van der Waals surface area (Å²) < 4.78 is 95.3. The van der Waals surface area contributed by atoms with Crippen molar-refractivity contribution >= 4 is 11.9 Å². The largest absolute Gasteiger partial charge is 0.492 e. The van der Waals surface area contributed by atoms with Crippen molar-refractivity contribution in [2.75, 3.05) is 39.5 Å². The average molecular weight is 603 g/mol. The summed E-state index contributed by atoms with van der Waals surface area (Å²) in [7, 11) is 0. The number of halogens is 6. The molecular formula is C29H32F6N2O5. The van der Waals surface area contributed by atoms with Crippen LogP contribution in [0.1, 0.15) is 40.9 Å². The van der Waals surface area contributed by atoms with Gasteiger partial charge in [-0.1, -0.05) is 12.1 Å². The summed E-state index contributed by atoms with van der Waals surface area (Å²) in [5, 5.41) is 3.33. The molecule has 1 heterocycles. The van der Waals surface area contributed by atoms with Gasteiger partial charge in [-0.3, -0.25) is 4.79 Å². The van der Waals surface area contributed by atoms with E-state index in [0.29, 0.717) is 44.1 Å². The number of ether oxygens (including phenoxy) is 3. The summed E-state index contributed by atoms with van der Waals surface area (Å²) in [4.78, 5) is 26.1. The number of piperidine rings is 1. The third kappa shape index (κ3) is 7.74. The maximum Gasteiger partial charge on any atom is 0.416 e. The Bertz CT molecular complexity index is 1210. The Kier molecular flexibility index (Phi) is 9.71. The molecule has 2 aromatic carbocycles. The fourth-order valence-electron chi connectivity index (χ4n) is 5.23. The van der Waals surface area contributed by atoms with Gasteiger partial charge in [0.15, 0.2) is 6.10 Å². The number of nitrogens with zero attached hydrogens (tertiary/aromatic N) is 1. The molecule has 0 spiro atoms. The molecule has 7 nitrogen and oxygen atoms in total. The predicted octanol–water partition coefficient (Wildman–Crippen LogP) is 4.97. The number of esters is 1. The van der Waals surface area contributed by atoms with Crippen LogP contribution in [0.3, 0.4) is 0 Å². The van der Waals surface area contributed by atoms with Gasteiger partial charge < -0.3 is 24.4 Å². The van der Waals surface area contributed by atoms with Gasteiger partial charge in [0, 0.05) is 44.3 Å². The molecule has 1 aliphatic heterocycles. The minimum atomic E-state index is -5.01. The van der Waals surface area contributed by atoms with Crippen LogP contribution < -0.4 is 10.1 Å². The van der Waals surface area contributed by atoms with Gasteiger partial charge in [-0.25, -0.2) is 4.79 Å². The maximum absolute atomic E-state index is 13.2. The summed E-state index contributed by atoms with van der Waals surface area (Å²) in [6.45, 7) is 5.54. The van der Waals surface area contributed by atoms with Gasteiger partial charge in [0.25, 0.3) is 5.91 Å². The van der Waals surface area contributed by atoms with Crippen LogP contribution in [0.4, 0.5) is 26.3 Å². The number of carbonyl (C=O) groups is 2. The minimum Gasteiger partial charge on any atom is -0.492 e. The molecule has 1 saturated heterocycles. The van der Waals surface area contributed by atoms with Crippen LogP contribution in [-0.2, 0) is 33.0 Å². The number of rotatable bonds is 12. The second-order valence-corrected chi connectivity index (χ2v) is 10.2. The zero-order valence-corrected chi connectivity index (χ0v) is 23.1. The number of nitrogens with one attached hydrogen (secondary N) is 1. The third-order valence-electron chi connectivity index (χ3n) is 7.33. The standard InChI is InChI=1S/C29H32F6N2O5/c1-3-40-24(27(39)41-4-2)11-17-5-7-21(8-6-17)42-10-9-36-25-22-15-37(16-23(22)25)26(38)18-12-19(28(30,31)32)14-20(13-18)29(33,34)35/h5-8,12-14,22-25,36H,3-4,9-11,15-16H2,1-2H3/t22-,23?,24-,25?/m0/s1. The summed E-state index contributed by atoms with van der Waals surface area (Å²) in [6, 6.07) is 8.30. The van der Waals surface area contributed by atoms with E-state index >= 15 is 0 Å². The quantitative estimate of drug-likeness (QED) is 0.210. The van der Waals surface area contributed by atoms with E-state index in [4.69, 9.17) is 14.2 Å². The molecule has 2 fully saturated rings. The molecule has 13 heteroatoms. The van der Waals surface area contributed by atoms with Gasteiger partial charge in [0.05, 0.1) is 17.7 Å². The summed E-state index contributed by atoms with van der Waals surface area (Å²) >= 11 is 0. The number of benzene rings is 2. The molecule has 230 valence electrons. The number of likely N-dealkylation sites (tertiary alicyclic amines) is 1. The fourth-order valence-corrected chi connectivity index (χ4v) is 5.23. The second kappa shape index (κ2) is 12.9. The van der Waals surface area contributed by atoms with Crippen LogP contribution in [0, 0.1) is 11.8 Å². The molecule has 0 radical (unpaired) electrons. The highest BCUT2D eigenvalue weighted by Crippen LogP contribution is 2.46. The first kappa shape index (κ1) is 31.6. The highest BCUT2D eigenvalue weighted by atomic mass is 19.4. The van der Waals surface area contributed by atoms with Crippen LogP contribution in [-0.4, -0.2) is 68.4 Å². The summed E-state index contributed by atoms with van der Waals surface area (Å²) in [6.07, 6.45) is -10.3. The molecule has 4 rings (SSSR count). The average Bonchev–Trinajstić information content (AvgIpc) is 3.37. The van der Waals surface area contributed by atoms with E-state index < -0.39 is 47.0 Å². The van der Waals surface area contributed by atoms with Crippen molar-refractivity contribution in [2.45, 2.75) is 44.8 Å². The van der Waals surface area contributed by atoms with Crippen LogP contribution >= 0.6 is 0 Å². The predicted molar refractivity (Wildman–Crippen MR) is 139 cm³/mol. The van der Waals surface area contributed by atoms with Gasteiger partial charge in [-0.2, -0.15) is 26.3 Å². The fraction of sp³-hybridized carbons (Fsp3) is 0.517. The number of hydrogen-bond acceptors (Lipinski definition) is 6. The van der Waals surface area contributed by atoms with Gasteiger partial charge >= 0.3 is 18.3 Å². The first-order valence-corrected chi connectivity index (χ1v) is 13.6. The van der Waals surface area contributed by atoms with Gasteiger partial charge in [-0.15, -0.1) is 0 Å². The first-order valence-electron chi connectivity index (χ1n) is 13.6. The summed E-state index contributed by atoms with van der Waals surface area (Å²) in [5.74, 6) is -0.484. The van der Waals surface area contributed by atoms with E-state index in [1.165, 1.54) is 4.90 Å². The number of carbonyl (C=O) groups excluding carboxylic acids is 2. The Morgan fingerprint density at radius 3 is 2.05 bits per heavy atom. The van der Waals surface area contributed by atoms with Crippen molar-refractivity contribution in [1.82, 2.24) is 10.2 Å². The van der Waals surface area contributed by atoms with Crippen LogP contribution in [0.2, 0.25) is 0 Å². The number of amides is 1. The Morgan fingerprint density at radius 1 is 0.929 bits per heavy atom. The molecule has 2 aliphatic rings. The topological polar surface area (TPSA) is 77.1 Å². The van der Waals surface area contributed by atoms with E-state index in [1.807, 2.05) is 12.1 Å². The van der Waals surface area contributed by atoms with Crippen molar-refractivity contribution in [2.24, 2.45) is 11.8 Å². The van der Waals surface area contributed by atoms with Crippen molar-refractivity contribution in [1.29, 1.82) is 0 Å². The molecule has 1 aliphatic carbocycles. The minimum absolute atomic E-state index is 0.0126. The first-order chi connectivity index (χ1) is 19.8. The van der Waals surface area contributed by atoms with Crippen molar-refractivity contribution in [3.8, 4) is 5.75 Å². The number of fused-ring (bicyclic) bond motifs is 1. The second-order valence-electron chi connectivity index (χ2n) is 10.2. The molecule has 1 N–H and O–H groups in total. The maximum atomic E-state index is 13.2. The van der Waals surface area contributed by atoms with Crippen molar-refractivity contribution in [3.05, 3.63) is 64.7 Å². The lowest BCUT2D eigenvalue weighted by Crippen LogP contribution is -2.36. The van der Waals surface area contributed by atoms with E-state index in [0.717, 1.165) is 5.56 Å². The molecule has 2 unspecified atom stereocenters. The van der Waals surface area contributed by atoms with E-state index in [1.54, 1.807) is 26.0 Å². The van der Waals surface area contributed by atoms with E-state index in [2.05, 4.69) is 5.32 Å². The number of hydrogen-bond donors (Lipinski definition) is 1. The molecule has 0 bridgehead atoms. The van der Waals surface area contributed by atoms with E-state index in [-0.39, 0.29) is 43.6 Å². The normalized spacial score (nSPS) is 20.7. The Labute approximate surface area is 239 Å². The smallest absolute Gasteiger partial charge is 0.416 e. The zero-order valence-electron chi connectivity index (χ0n) is 23.1. The lowest BCUT2D eigenvalue weighted by atomic mass is 10.0. The Morgan fingerprint density at radius 2 is 1.52 bits per heavy atom. The monoisotopic (exact) mass is 602 g/mol. The van der Waals surface area contributed by atoms with Crippen LogP contribution in [0.15, 0.2) is 42.5 Å². The molecule has 4 atom stereocenters. The molecule has 42 heavy (non-hydrogen) atoms. The molecule has 2 aromatic rings. The Balaban J connectivity index is 1.22. The molecule has 0 aromatic heterocycles. The van der Waals surface area contributed by atoms with Gasteiger partial charge in [0.1, 0.15) is 12.4 Å². The number of alkyl halides is 6. The molecule has 1 amide bonds. The lowest BCUT2D eigenvalue weighted by molar-refractivity contribution is -0.156. The SMILES string of the molecule is CCOC(=O)[C@H](Cc1ccc(OCCNC2C3CN(C(=O)c4cc(C(F)(F)F)cc(C(F)(F)F)c4)C[C@@H]32)cc1)OCC. The highest BCUT2D eigenvalue weighted by Gasteiger charge is 2.56. The highest BCUT2D eigenvalue weighted by molar-refractivity contribution is 5.95. The lowest BCUT2D eigenvalue weighted by Gasteiger charge is -2.22. The van der Waals surface area contributed by atoms with Crippen LogP contribution in [0.25, 0.3) is 0 Å². The van der Waals surface area contributed by atoms with Crippen molar-refractivity contribution in [3.63, 3.8) is 0 Å². The molecular weight excluding hydrogens is 570 g/mol. The van der Waals surface area contributed by atoms with Gasteiger partial charge in [0.2, 0.25) is 0 Å². The third-order valence-corrected chi connectivity index (χ3v) is 7.33. The van der Waals surface area contributed by atoms with Crippen molar-refractivity contribution < 1.29 is 50.1 Å². The van der Waals surface area contributed by atoms with E-state index in [9.17, 15) is 35.9 Å². The Hall–Kier alpha value is -3.32. The van der Waals surface area contributed by atoms with Crippen LogP contribution in [0.5, 0.6) is 5.75 Å². The zero-order chi connectivity index (χ0) is 30.7.